The number of carbonyl (C=O) groups excluding carboxylic acids is 1. The summed E-state index contributed by atoms with van der Waals surface area (Å²) in [4.78, 5) is 14.1. The number of hydrogen-bond acceptors (Lipinski definition) is 5. The number of morpholine rings is 1. The van der Waals surface area contributed by atoms with Gasteiger partial charge in [-0.3, -0.25) is 9.69 Å². The largest absolute Gasteiger partial charge is 0.497 e. The summed E-state index contributed by atoms with van der Waals surface area (Å²) >= 11 is 0. The van der Waals surface area contributed by atoms with Crippen LogP contribution in [0.3, 0.4) is 0 Å². The fourth-order valence-corrected chi connectivity index (χ4v) is 2.17. The van der Waals surface area contributed by atoms with Crippen LogP contribution in [-0.4, -0.2) is 63.9 Å². The van der Waals surface area contributed by atoms with Crippen LogP contribution in [0, 0.1) is 0 Å². The van der Waals surface area contributed by atoms with Crippen molar-refractivity contribution in [3.05, 3.63) is 24.3 Å². The van der Waals surface area contributed by atoms with Crippen LogP contribution < -0.4 is 15.4 Å². The maximum absolute atomic E-state index is 11.8. The second kappa shape index (κ2) is 8.61. The zero-order valence-corrected chi connectivity index (χ0v) is 12.4. The lowest BCUT2D eigenvalue weighted by Crippen LogP contribution is -2.41. The maximum atomic E-state index is 11.8. The van der Waals surface area contributed by atoms with Crippen LogP contribution in [-0.2, 0) is 9.53 Å². The van der Waals surface area contributed by atoms with Gasteiger partial charge in [0.05, 0.1) is 26.9 Å². The third kappa shape index (κ3) is 5.71. The van der Waals surface area contributed by atoms with Crippen molar-refractivity contribution in [1.82, 2.24) is 10.2 Å². The van der Waals surface area contributed by atoms with Gasteiger partial charge < -0.3 is 20.1 Å². The molecule has 1 fully saturated rings. The Morgan fingerprint density at radius 1 is 1.38 bits per heavy atom. The molecule has 1 saturated heterocycles. The summed E-state index contributed by atoms with van der Waals surface area (Å²) in [7, 11) is 1.61. The number of nitrogens with zero attached hydrogens (tertiary/aromatic N) is 1. The standard InChI is InChI=1S/C15H23N3O3/c1-20-14-4-2-3-13(11-14)17-15(19)12-16-5-6-18-7-9-21-10-8-18/h2-4,11,16H,5-10,12H2,1H3,(H,17,19). The van der Waals surface area contributed by atoms with Crippen LogP contribution in [0.1, 0.15) is 0 Å². The van der Waals surface area contributed by atoms with Gasteiger partial charge in [-0.2, -0.15) is 0 Å². The lowest BCUT2D eigenvalue weighted by Gasteiger charge is -2.26. The maximum Gasteiger partial charge on any atom is 0.238 e. The quantitative estimate of drug-likeness (QED) is 0.719. The van der Waals surface area contributed by atoms with E-state index < -0.39 is 0 Å². The Bertz CT molecular complexity index is 448. The first-order valence-corrected chi connectivity index (χ1v) is 7.22. The van der Waals surface area contributed by atoms with Gasteiger partial charge in [0.25, 0.3) is 0 Å². The molecule has 116 valence electrons. The molecule has 2 rings (SSSR count). The molecular weight excluding hydrogens is 270 g/mol. The van der Waals surface area contributed by atoms with Crippen molar-refractivity contribution >= 4 is 11.6 Å². The van der Waals surface area contributed by atoms with Crippen LogP contribution in [0.25, 0.3) is 0 Å². The molecule has 1 aliphatic rings. The second-order valence-corrected chi connectivity index (χ2v) is 4.91. The minimum Gasteiger partial charge on any atom is -0.497 e. The summed E-state index contributed by atoms with van der Waals surface area (Å²) in [5, 5.41) is 6.00. The average molecular weight is 293 g/mol. The topological polar surface area (TPSA) is 62.8 Å². The van der Waals surface area contributed by atoms with Gasteiger partial charge in [-0.25, -0.2) is 0 Å². The normalized spacial score (nSPS) is 15.7. The van der Waals surface area contributed by atoms with E-state index >= 15 is 0 Å². The lowest BCUT2D eigenvalue weighted by molar-refractivity contribution is -0.115. The molecule has 0 aliphatic carbocycles. The minimum atomic E-state index is -0.0507. The number of rotatable bonds is 7. The van der Waals surface area contributed by atoms with Crippen LogP contribution >= 0.6 is 0 Å². The molecule has 0 unspecified atom stereocenters. The van der Waals surface area contributed by atoms with Crippen LogP contribution in [0.15, 0.2) is 24.3 Å². The molecule has 1 amide bonds. The Morgan fingerprint density at radius 3 is 2.95 bits per heavy atom. The molecule has 2 N–H and O–H groups in total. The smallest absolute Gasteiger partial charge is 0.238 e. The molecule has 0 spiro atoms. The van der Waals surface area contributed by atoms with E-state index in [9.17, 15) is 4.79 Å². The van der Waals surface area contributed by atoms with Crippen LogP contribution in [0.2, 0.25) is 0 Å². The van der Waals surface area contributed by atoms with Crippen molar-refractivity contribution in [1.29, 1.82) is 0 Å². The van der Waals surface area contributed by atoms with Gasteiger partial charge in [-0.1, -0.05) is 6.07 Å². The van der Waals surface area contributed by atoms with Crippen molar-refractivity contribution in [3.8, 4) is 5.75 Å². The van der Waals surface area contributed by atoms with Gasteiger partial charge in [0.2, 0.25) is 5.91 Å². The fraction of sp³-hybridized carbons (Fsp3) is 0.533. The Morgan fingerprint density at radius 2 is 2.19 bits per heavy atom. The number of benzene rings is 1. The molecule has 0 radical (unpaired) electrons. The van der Waals surface area contributed by atoms with Gasteiger partial charge in [0, 0.05) is 37.9 Å². The highest BCUT2D eigenvalue weighted by molar-refractivity contribution is 5.92. The molecule has 21 heavy (non-hydrogen) atoms. The highest BCUT2D eigenvalue weighted by Gasteiger charge is 2.09. The Hall–Kier alpha value is -1.63. The monoisotopic (exact) mass is 293 g/mol. The minimum absolute atomic E-state index is 0.0507. The van der Waals surface area contributed by atoms with Gasteiger partial charge in [-0.05, 0) is 12.1 Å². The number of amides is 1. The van der Waals surface area contributed by atoms with Crippen LogP contribution in [0.5, 0.6) is 5.75 Å². The number of carbonyl (C=O) groups is 1. The number of ether oxygens (including phenoxy) is 2. The summed E-state index contributed by atoms with van der Waals surface area (Å²) in [6.45, 7) is 5.59. The molecule has 6 heteroatoms. The molecule has 1 aliphatic heterocycles. The SMILES string of the molecule is COc1cccc(NC(=O)CNCCN2CCOCC2)c1. The fourth-order valence-electron chi connectivity index (χ4n) is 2.17. The predicted octanol–water partition coefficient (Wildman–Crippen LogP) is 0.556. The Balaban J connectivity index is 1.62. The van der Waals surface area contributed by atoms with Crippen molar-refractivity contribution in [2.24, 2.45) is 0 Å². The van der Waals surface area contributed by atoms with E-state index in [1.807, 2.05) is 18.2 Å². The van der Waals surface area contributed by atoms with E-state index in [0.717, 1.165) is 50.8 Å². The van der Waals surface area contributed by atoms with E-state index in [1.54, 1.807) is 13.2 Å². The molecule has 0 atom stereocenters. The van der Waals surface area contributed by atoms with Crippen molar-refractivity contribution in [2.75, 3.05) is 58.4 Å². The number of anilines is 1. The summed E-state index contributed by atoms with van der Waals surface area (Å²) in [6, 6.07) is 7.33. The summed E-state index contributed by atoms with van der Waals surface area (Å²) in [5.41, 5.74) is 0.745. The first kappa shape index (κ1) is 15.8. The van der Waals surface area contributed by atoms with Gasteiger partial charge in [0.1, 0.15) is 5.75 Å². The van der Waals surface area contributed by atoms with E-state index in [2.05, 4.69) is 15.5 Å². The first-order valence-electron chi connectivity index (χ1n) is 7.22. The van der Waals surface area contributed by atoms with Crippen molar-refractivity contribution in [2.45, 2.75) is 0 Å². The zero-order valence-electron chi connectivity index (χ0n) is 12.4. The van der Waals surface area contributed by atoms with Gasteiger partial charge >= 0.3 is 0 Å². The lowest BCUT2D eigenvalue weighted by atomic mass is 10.3. The highest BCUT2D eigenvalue weighted by Crippen LogP contribution is 2.16. The predicted molar refractivity (Wildman–Crippen MR) is 81.8 cm³/mol. The Labute approximate surface area is 125 Å². The van der Waals surface area contributed by atoms with Gasteiger partial charge in [0.15, 0.2) is 0 Å². The highest BCUT2D eigenvalue weighted by atomic mass is 16.5. The molecule has 0 aromatic heterocycles. The molecule has 1 heterocycles. The Kier molecular flexibility index (Phi) is 6.46. The van der Waals surface area contributed by atoms with Gasteiger partial charge in [-0.15, -0.1) is 0 Å². The molecule has 0 saturated carbocycles. The van der Waals surface area contributed by atoms with Crippen molar-refractivity contribution < 1.29 is 14.3 Å². The molecule has 1 aromatic rings. The van der Waals surface area contributed by atoms with E-state index in [4.69, 9.17) is 9.47 Å². The van der Waals surface area contributed by atoms with Crippen LogP contribution in [0.4, 0.5) is 5.69 Å². The first-order chi connectivity index (χ1) is 10.3. The number of nitrogens with one attached hydrogen (secondary N) is 2. The molecule has 0 bridgehead atoms. The summed E-state index contributed by atoms with van der Waals surface area (Å²) in [6.07, 6.45) is 0. The zero-order chi connectivity index (χ0) is 14.9. The average Bonchev–Trinajstić information content (AvgIpc) is 2.53. The van der Waals surface area contributed by atoms with E-state index in [0.29, 0.717) is 6.54 Å². The summed E-state index contributed by atoms with van der Waals surface area (Å²) in [5.74, 6) is 0.679. The second-order valence-electron chi connectivity index (χ2n) is 4.91. The third-order valence-corrected chi connectivity index (χ3v) is 3.35. The number of hydrogen-bond donors (Lipinski definition) is 2. The summed E-state index contributed by atoms with van der Waals surface area (Å²) < 4.78 is 10.4. The molecular formula is C15H23N3O3. The molecule has 6 nitrogen and oxygen atoms in total. The number of methoxy groups -OCH3 is 1. The molecule has 1 aromatic carbocycles. The van der Waals surface area contributed by atoms with E-state index in [-0.39, 0.29) is 5.91 Å². The van der Waals surface area contributed by atoms with E-state index in [1.165, 1.54) is 0 Å². The van der Waals surface area contributed by atoms with Crippen molar-refractivity contribution in [3.63, 3.8) is 0 Å². The third-order valence-electron chi connectivity index (χ3n) is 3.35.